The number of hydrogen-bond acceptors (Lipinski definition) is 5. The predicted octanol–water partition coefficient (Wildman–Crippen LogP) is 3.94. The molecular formula is C22H30O5. The van der Waals surface area contributed by atoms with Gasteiger partial charge in [0.25, 0.3) is 0 Å². The maximum absolute atomic E-state index is 12.7. The Morgan fingerprint density at radius 3 is 2.78 bits per heavy atom. The number of carbonyl (C=O) groups is 2. The number of rotatable bonds is 5. The Morgan fingerprint density at radius 2 is 2.15 bits per heavy atom. The molecule has 2 aliphatic carbocycles. The number of aryl methyl sites for hydroxylation is 1. The molecule has 0 spiro atoms. The fraction of sp³-hybridized carbons (Fsp3) is 0.727. The van der Waals surface area contributed by atoms with Crippen LogP contribution in [0.4, 0.5) is 0 Å². The molecule has 5 heteroatoms. The van der Waals surface area contributed by atoms with Gasteiger partial charge in [-0.1, -0.05) is 13.8 Å². The molecule has 0 amide bonds. The summed E-state index contributed by atoms with van der Waals surface area (Å²) in [6.45, 7) is 7.96. The van der Waals surface area contributed by atoms with E-state index in [0.717, 1.165) is 37.7 Å². The number of carbonyl (C=O) groups excluding carboxylic acids is 2. The first kappa shape index (κ1) is 18.7. The van der Waals surface area contributed by atoms with E-state index in [9.17, 15) is 9.59 Å². The highest BCUT2D eigenvalue weighted by atomic mass is 16.6. The molecule has 0 N–H and O–H groups in total. The zero-order chi connectivity index (χ0) is 19.4. The number of ether oxygens (including phenoxy) is 2. The average Bonchev–Trinajstić information content (AvgIpc) is 3.05. The van der Waals surface area contributed by atoms with E-state index in [1.54, 1.807) is 12.5 Å². The number of esters is 1. The molecule has 1 aromatic heterocycles. The van der Waals surface area contributed by atoms with Crippen LogP contribution in [-0.4, -0.2) is 30.1 Å². The summed E-state index contributed by atoms with van der Waals surface area (Å²) in [7, 11) is 0. The molecule has 1 aliphatic heterocycles. The Labute approximate surface area is 160 Å². The molecular weight excluding hydrogens is 344 g/mol. The normalized spacial score (nSPS) is 45.5. The van der Waals surface area contributed by atoms with Crippen LogP contribution in [0.1, 0.15) is 58.9 Å². The minimum Gasteiger partial charge on any atom is -0.472 e. The average molecular weight is 374 g/mol. The monoisotopic (exact) mass is 374 g/mol. The molecule has 1 saturated heterocycles. The van der Waals surface area contributed by atoms with E-state index in [0.29, 0.717) is 0 Å². The highest BCUT2D eigenvalue weighted by molar-refractivity contribution is 5.67. The van der Waals surface area contributed by atoms with Gasteiger partial charge in [0.05, 0.1) is 24.2 Å². The fourth-order valence-electron chi connectivity index (χ4n) is 6.35. The zero-order valence-electron chi connectivity index (χ0n) is 16.7. The second kappa shape index (κ2) is 6.20. The summed E-state index contributed by atoms with van der Waals surface area (Å²) in [6.07, 6.45) is 8.84. The van der Waals surface area contributed by atoms with E-state index < -0.39 is 5.41 Å². The number of hydrogen-bond donors (Lipinski definition) is 0. The summed E-state index contributed by atoms with van der Waals surface area (Å²) in [6, 6.07) is 1.96. The maximum Gasteiger partial charge on any atom is 0.302 e. The smallest absolute Gasteiger partial charge is 0.302 e. The van der Waals surface area contributed by atoms with Crippen molar-refractivity contribution >= 4 is 12.3 Å². The molecule has 0 unspecified atom stereocenters. The van der Waals surface area contributed by atoms with Gasteiger partial charge in [-0.25, -0.2) is 0 Å². The fourth-order valence-corrected chi connectivity index (χ4v) is 6.35. The lowest BCUT2D eigenvalue weighted by Crippen LogP contribution is -2.62. The van der Waals surface area contributed by atoms with Crippen molar-refractivity contribution in [3.05, 3.63) is 24.2 Å². The van der Waals surface area contributed by atoms with Gasteiger partial charge in [-0.2, -0.15) is 0 Å². The summed E-state index contributed by atoms with van der Waals surface area (Å²) in [5.74, 6) is -0.0829. The third-order valence-corrected chi connectivity index (χ3v) is 8.21. The molecule has 27 heavy (non-hydrogen) atoms. The highest BCUT2D eigenvalue weighted by Gasteiger charge is 2.74. The van der Waals surface area contributed by atoms with Crippen molar-refractivity contribution in [1.29, 1.82) is 0 Å². The van der Waals surface area contributed by atoms with Crippen molar-refractivity contribution in [2.24, 2.45) is 22.7 Å². The van der Waals surface area contributed by atoms with Crippen LogP contribution in [0.3, 0.4) is 0 Å². The Morgan fingerprint density at radius 1 is 1.37 bits per heavy atom. The second-order valence-corrected chi connectivity index (χ2v) is 9.26. The van der Waals surface area contributed by atoms with E-state index in [1.165, 1.54) is 13.2 Å². The van der Waals surface area contributed by atoms with E-state index in [2.05, 4.69) is 20.8 Å². The Balaban J connectivity index is 1.73. The zero-order valence-corrected chi connectivity index (χ0v) is 16.7. The standard InChI is InChI=1S/C22H30O5/c1-14-17(26-15(2)24)11-20(3)18(5-6-19-21(20,4)27-19)22(14,13-23)9-7-16-8-10-25-12-16/h8,10,12-14,17-19H,5-7,9,11H2,1-4H3/t14-,17-,18+,19-,20-,21+,22-/m1/s1. The first-order valence-electron chi connectivity index (χ1n) is 10.1. The van der Waals surface area contributed by atoms with Gasteiger partial charge in [-0.15, -0.1) is 0 Å². The van der Waals surface area contributed by atoms with Crippen molar-refractivity contribution in [3.63, 3.8) is 0 Å². The van der Waals surface area contributed by atoms with Crippen molar-refractivity contribution in [2.75, 3.05) is 0 Å². The van der Waals surface area contributed by atoms with Gasteiger partial charge in [0, 0.05) is 23.7 Å². The van der Waals surface area contributed by atoms with E-state index >= 15 is 0 Å². The Kier molecular flexibility index (Phi) is 4.30. The van der Waals surface area contributed by atoms with Crippen LogP contribution in [0.2, 0.25) is 0 Å². The molecule has 0 aromatic carbocycles. The van der Waals surface area contributed by atoms with Crippen molar-refractivity contribution in [3.8, 4) is 0 Å². The molecule has 5 nitrogen and oxygen atoms in total. The van der Waals surface area contributed by atoms with Crippen molar-refractivity contribution in [1.82, 2.24) is 0 Å². The van der Waals surface area contributed by atoms with Gasteiger partial charge in [-0.05, 0) is 56.6 Å². The third-order valence-electron chi connectivity index (χ3n) is 8.21. The van der Waals surface area contributed by atoms with Gasteiger partial charge >= 0.3 is 5.97 Å². The van der Waals surface area contributed by atoms with Crippen molar-refractivity contribution in [2.45, 2.75) is 77.6 Å². The molecule has 3 fully saturated rings. The minimum atomic E-state index is -0.537. The van der Waals surface area contributed by atoms with Gasteiger partial charge in [0.2, 0.25) is 0 Å². The molecule has 1 aromatic rings. The first-order valence-corrected chi connectivity index (χ1v) is 10.1. The van der Waals surface area contributed by atoms with Gasteiger partial charge in [0.1, 0.15) is 12.4 Å². The lowest BCUT2D eigenvalue weighted by Gasteiger charge is -2.59. The molecule has 0 bridgehead atoms. The molecule has 0 radical (unpaired) electrons. The number of furan rings is 1. The molecule has 4 rings (SSSR count). The van der Waals surface area contributed by atoms with Crippen LogP contribution in [-0.2, 0) is 25.5 Å². The Bertz CT molecular complexity index is 727. The lowest BCUT2D eigenvalue weighted by atomic mass is 9.44. The largest absolute Gasteiger partial charge is 0.472 e. The van der Waals surface area contributed by atoms with Gasteiger partial charge in [0.15, 0.2) is 0 Å². The van der Waals surface area contributed by atoms with Gasteiger partial charge < -0.3 is 18.7 Å². The summed E-state index contributed by atoms with van der Waals surface area (Å²) >= 11 is 0. The molecule has 2 saturated carbocycles. The minimum absolute atomic E-state index is 0.0252. The van der Waals surface area contributed by atoms with E-state index in [4.69, 9.17) is 13.9 Å². The quantitative estimate of drug-likeness (QED) is 0.443. The second-order valence-electron chi connectivity index (χ2n) is 9.26. The van der Waals surface area contributed by atoms with Crippen molar-refractivity contribution < 1.29 is 23.5 Å². The number of epoxide rings is 1. The van der Waals surface area contributed by atoms with E-state index in [-0.39, 0.29) is 41.0 Å². The topological polar surface area (TPSA) is 69.0 Å². The van der Waals surface area contributed by atoms with Crippen LogP contribution in [0.25, 0.3) is 0 Å². The third kappa shape index (κ3) is 2.61. The van der Waals surface area contributed by atoms with Crippen LogP contribution < -0.4 is 0 Å². The van der Waals surface area contributed by atoms with Crippen LogP contribution in [0, 0.1) is 22.7 Å². The summed E-state index contributed by atoms with van der Waals surface area (Å²) in [5.41, 5.74) is 0.157. The highest BCUT2D eigenvalue weighted by Crippen LogP contribution is 2.70. The van der Waals surface area contributed by atoms with E-state index in [1.807, 2.05) is 6.07 Å². The summed E-state index contributed by atoms with van der Waals surface area (Å²) in [5, 5.41) is 0. The molecule has 2 heterocycles. The maximum atomic E-state index is 12.7. The first-order chi connectivity index (χ1) is 12.8. The van der Waals surface area contributed by atoms with Crippen LogP contribution in [0.5, 0.6) is 0 Å². The summed E-state index contributed by atoms with van der Waals surface area (Å²) in [4.78, 5) is 24.5. The molecule has 3 aliphatic rings. The summed E-state index contributed by atoms with van der Waals surface area (Å²) < 4.78 is 17.1. The molecule has 7 atom stereocenters. The number of fused-ring (bicyclic) bond motifs is 3. The lowest BCUT2D eigenvalue weighted by molar-refractivity contribution is -0.186. The van der Waals surface area contributed by atoms with Crippen LogP contribution >= 0.6 is 0 Å². The van der Waals surface area contributed by atoms with Crippen LogP contribution in [0.15, 0.2) is 23.0 Å². The van der Waals surface area contributed by atoms with Gasteiger partial charge in [-0.3, -0.25) is 4.79 Å². The number of aldehydes is 1. The molecule has 148 valence electrons. The SMILES string of the molecule is CC(=O)O[C@@H]1C[C@]2(C)[C@H](CC[C@H]3O[C@@]32C)[C@@](C=O)(CCc2ccoc2)[C@@H]1C. The Hall–Kier alpha value is -1.62. The predicted molar refractivity (Wildman–Crippen MR) is 99.0 cm³/mol.